The Bertz CT molecular complexity index is 628. The van der Waals surface area contributed by atoms with Crippen LogP contribution in [0, 0.1) is 16.0 Å². The molecule has 6 nitrogen and oxygen atoms in total. The summed E-state index contributed by atoms with van der Waals surface area (Å²) in [6.07, 6.45) is 0.965. The Morgan fingerprint density at radius 1 is 1.58 bits per heavy atom. The van der Waals surface area contributed by atoms with Gasteiger partial charge < -0.3 is 10.0 Å². The van der Waals surface area contributed by atoms with Crippen molar-refractivity contribution in [2.45, 2.75) is 6.42 Å². The van der Waals surface area contributed by atoms with E-state index in [2.05, 4.69) is 9.88 Å². The first kappa shape index (κ1) is 12.3. The number of aliphatic hydroxyl groups excluding tert-OH is 1. The number of hydrogen-bond donors (Lipinski definition) is 1. The molecule has 0 saturated carbocycles. The van der Waals surface area contributed by atoms with Crippen LogP contribution >= 0.6 is 11.3 Å². The number of aliphatic hydroxyl groups is 1. The predicted octanol–water partition coefficient (Wildman–Crippen LogP) is 2.02. The third-order valence-corrected chi connectivity index (χ3v) is 4.48. The molecule has 1 aromatic carbocycles. The van der Waals surface area contributed by atoms with E-state index >= 15 is 0 Å². The van der Waals surface area contributed by atoms with Gasteiger partial charge in [-0.05, 0) is 12.5 Å². The minimum Gasteiger partial charge on any atom is -0.396 e. The molecule has 1 aromatic heterocycles. The third kappa shape index (κ3) is 2.26. The first-order valence-corrected chi connectivity index (χ1v) is 6.90. The van der Waals surface area contributed by atoms with E-state index in [4.69, 9.17) is 5.11 Å². The van der Waals surface area contributed by atoms with Crippen LogP contribution in [0.3, 0.4) is 0 Å². The zero-order valence-corrected chi connectivity index (χ0v) is 11.0. The van der Waals surface area contributed by atoms with Crippen molar-refractivity contribution >= 4 is 32.4 Å². The molecule has 1 fully saturated rings. The molecule has 0 bridgehead atoms. The van der Waals surface area contributed by atoms with Gasteiger partial charge in [0.25, 0.3) is 5.69 Å². The van der Waals surface area contributed by atoms with Gasteiger partial charge in [0.1, 0.15) is 0 Å². The van der Waals surface area contributed by atoms with Gasteiger partial charge in [-0.2, -0.15) is 0 Å². The lowest BCUT2D eigenvalue weighted by Crippen LogP contribution is -2.20. The Morgan fingerprint density at radius 3 is 3.11 bits per heavy atom. The Kier molecular flexibility index (Phi) is 3.08. The molecule has 100 valence electrons. The molecular formula is C12H13N3O3S. The number of benzene rings is 1. The number of thiazole rings is 1. The molecule has 0 unspecified atom stereocenters. The fraction of sp³-hybridized carbons (Fsp3) is 0.417. The molecule has 2 heterocycles. The predicted molar refractivity (Wildman–Crippen MR) is 73.7 cm³/mol. The van der Waals surface area contributed by atoms with E-state index in [0.717, 1.165) is 29.3 Å². The molecule has 1 aliphatic rings. The maximum Gasteiger partial charge on any atom is 0.271 e. The maximum absolute atomic E-state index is 10.7. The summed E-state index contributed by atoms with van der Waals surface area (Å²) >= 11 is 1.54. The average Bonchev–Trinajstić information content (AvgIpc) is 3.03. The summed E-state index contributed by atoms with van der Waals surface area (Å²) in [6, 6.07) is 4.76. The summed E-state index contributed by atoms with van der Waals surface area (Å²) in [4.78, 5) is 16.9. The van der Waals surface area contributed by atoms with E-state index in [9.17, 15) is 10.1 Å². The van der Waals surface area contributed by atoms with Crippen molar-refractivity contribution in [1.82, 2.24) is 4.98 Å². The van der Waals surface area contributed by atoms with Crippen molar-refractivity contribution in [1.29, 1.82) is 0 Å². The van der Waals surface area contributed by atoms with Crippen LogP contribution in [0.1, 0.15) is 6.42 Å². The fourth-order valence-electron chi connectivity index (χ4n) is 2.31. The van der Waals surface area contributed by atoms with Crippen LogP contribution in [-0.2, 0) is 0 Å². The number of rotatable bonds is 3. The van der Waals surface area contributed by atoms with Crippen LogP contribution in [0.4, 0.5) is 10.8 Å². The Hall–Kier alpha value is -1.73. The molecule has 3 rings (SSSR count). The first-order valence-electron chi connectivity index (χ1n) is 6.08. The van der Waals surface area contributed by atoms with Crippen LogP contribution in [0.25, 0.3) is 10.2 Å². The van der Waals surface area contributed by atoms with Crippen LogP contribution < -0.4 is 4.90 Å². The molecule has 0 spiro atoms. The second-order valence-corrected chi connectivity index (χ2v) is 5.70. The summed E-state index contributed by atoms with van der Waals surface area (Å²) in [5.41, 5.74) is 0.737. The highest BCUT2D eigenvalue weighted by Gasteiger charge is 2.24. The molecule has 1 aliphatic heterocycles. The molecule has 19 heavy (non-hydrogen) atoms. The molecule has 0 radical (unpaired) electrons. The number of nitro benzene ring substituents is 1. The minimum atomic E-state index is -0.407. The molecule has 1 N–H and O–H groups in total. The SMILES string of the molecule is O=[N+]([O-])c1ccc2sc(N3CC[C@@H](CO)C3)nc2c1. The topological polar surface area (TPSA) is 79.5 Å². The van der Waals surface area contributed by atoms with Gasteiger partial charge in [0.15, 0.2) is 5.13 Å². The lowest BCUT2D eigenvalue weighted by molar-refractivity contribution is -0.384. The molecule has 0 amide bonds. The first-order chi connectivity index (χ1) is 9.17. The maximum atomic E-state index is 10.7. The molecular weight excluding hydrogens is 266 g/mol. The second-order valence-electron chi connectivity index (χ2n) is 4.69. The van der Waals surface area contributed by atoms with Crippen molar-refractivity contribution < 1.29 is 10.0 Å². The smallest absolute Gasteiger partial charge is 0.271 e. The molecule has 1 atom stereocenters. The summed E-state index contributed by atoms with van der Waals surface area (Å²) in [7, 11) is 0. The largest absolute Gasteiger partial charge is 0.396 e. The molecule has 1 saturated heterocycles. The summed E-state index contributed by atoms with van der Waals surface area (Å²) in [5, 5.41) is 20.8. The number of hydrogen-bond acceptors (Lipinski definition) is 6. The zero-order chi connectivity index (χ0) is 13.4. The van der Waals surface area contributed by atoms with Crippen molar-refractivity contribution in [3.05, 3.63) is 28.3 Å². The Balaban J connectivity index is 1.91. The number of anilines is 1. The summed E-state index contributed by atoms with van der Waals surface area (Å²) in [5.74, 6) is 0.307. The van der Waals surface area contributed by atoms with Gasteiger partial charge in [0.05, 0.1) is 15.1 Å². The lowest BCUT2D eigenvalue weighted by atomic mass is 10.1. The monoisotopic (exact) mass is 279 g/mol. The zero-order valence-electron chi connectivity index (χ0n) is 10.2. The number of nitro groups is 1. The van der Waals surface area contributed by atoms with Gasteiger partial charge in [-0.1, -0.05) is 11.3 Å². The highest BCUT2D eigenvalue weighted by atomic mass is 32.1. The quantitative estimate of drug-likeness (QED) is 0.687. The van der Waals surface area contributed by atoms with Crippen LogP contribution in [0.5, 0.6) is 0 Å². The van der Waals surface area contributed by atoms with E-state index in [1.807, 2.05) is 0 Å². The summed E-state index contributed by atoms with van der Waals surface area (Å²) < 4.78 is 0.952. The Morgan fingerprint density at radius 2 is 2.42 bits per heavy atom. The molecule has 7 heteroatoms. The molecule has 0 aliphatic carbocycles. The van der Waals surface area contributed by atoms with Gasteiger partial charge in [-0.25, -0.2) is 4.98 Å². The normalized spacial score (nSPS) is 19.2. The van der Waals surface area contributed by atoms with Gasteiger partial charge >= 0.3 is 0 Å². The van der Waals surface area contributed by atoms with Crippen molar-refractivity contribution in [3.63, 3.8) is 0 Å². The Labute approximate surface area is 113 Å². The van der Waals surface area contributed by atoms with E-state index in [0.29, 0.717) is 11.4 Å². The lowest BCUT2D eigenvalue weighted by Gasteiger charge is -2.13. The minimum absolute atomic E-state index is 0.0685. The van der Waals surface area contributed by atoms with Crippen molar-refractivity contribution in [3.8, 4) is 0 Å². The van der Waals surface area contributed by atoms with Gasteiger partial charge in [0, 0.05) is 37.7 Å². The van der Waals surface area contributed by atoms with Crippen molar-refractivity contribution in [2.24, 2.45) is 5.92 Å². The van der Waals surface area contributed by atoms with Crippen molar-refractivity contribution in [2.75, 3.05) is 24.6 Å². The third-order valence-electron chi connectivity index (χ3n) is 3.39. The number of nitrogens with zero attached hydrogens (tertiary/aromatic N) is 3. The standard InChI is InChI=1S/C12H13N3O3S/c16-7-8-3-4-14(6-8)12-13-10-5-9(15(17)18)1-2-11(10)19-12/h1-2,5,8,16H,3-4,6-7H2/t8-/m1/s1. The summed E-state index contributed by atoms with van der Waals surface area (Å²) in [6.45, 7) is 1.89. The van der Waals surface area contributed by atoms with Crippen LogP contribution in [0.2, 0.25) is 0 Å². The van der Waals surface area contributed by atoms with E-state index in [1.165, 1.54) is 23.5 Å². The number of non-ortho nitro benzene ring substituents is 1. The van der Waals surface area contributed by atoms with E-state index < -0.39 is 4.92 Å². The molecule has 2 aromatic rings. The number of aromatic nitrogens is 1. The van der Waals surface area contributed by atoms with Gasteiger partial charge in [-0.3, -0.25) is 10.1 Å². The van der Waals surface area contributed by atoms with Crippen LogP contribution in [-0.4, -0.2) is 34.7 Å². The fourth-order valence-corrected chi connectivity index (χ4v) is 3.29. The average molecular weight is 279 g/mol. The number of fused-ring (bicyclic) bond motifs is 1. The highest BCUT2D eigenvalue weighted by Crippen LogP contribution is 2.33. The van der Waals surface area contributed by atoms with Crippen LogP contribution in [0.15, 0.2) is 18.2 Å². The van der Waals surface area contributed by atoms with E-state index in [-0.39, 0.29) is 12.3 Å². The van der Waals surface area contributed by atoms with E-state index in [1.54, 1.807) is 6.07 Å². The van der Waals surface area contributed by atoms with Gasteiger partial charge in [0.2, 0.25) is 0 Å². The highest BCUT2D eigenvalue weighted by molar-refractivity contribution is 7.22. The second kappa shape index (κ2) is 4.75. The van der Waals surface area contributed by atoms with Gasteiger partial charge in [-0.15, -0.1) is 0 Å².